The molecule has 1 saturated carbocycles. The van der Waals surface area contributed by atoms with Crippen molar-refractivity contribution in [2.24, 2.45) is 0 Å². The van der Waals surface area contributed by atoms with Gasteiger partial charge in [-0.05, 0) is 68.6 Å². The lowest BCUT2D eigenvalue weighted by Gasteiger charge is -2.30. The van der Waals surface area contributed by atoms with E-state index in [1.807, 2.05) is 12.1 Å². The fraction of sp³-hybridized carbons (Fsp3) is 0.387. The summed E-state index contributed by atoms with van der Waals surface area (Å²) >= 11 is 0. The molecule has 0 unspecified atom stereocenters. The number of rotatable bonds is 8. The van der Waals surface area contributed by atoms with Crippen LogP contribution in [0.5, 0.6) is 0 Å². The van der Waals surface area contributed by atoms with Gasteiger partial charge in [0.2, 0.25) is 0 Å². The van der Waals surface area contributed by atoms with Gasteiger partial charge in [0, 0.05) is 29.7 Å². The van der Waals surface area contributed by atoms with Gasteiger partial charge in [-0.3, -0.25) is 9.88 Å². The van der Waals surface area contributed by atoms with Crippen molar-refractivity contribution < 1.29 is 13.2 Å². The lowest BCUT2D eigenvalue weighted by molar-refractivity contribution is -0.137. The summed E-state index contributed by atoms with van der Waals surface area (Å²) in [6, 6.07) is 16.3. The SMILES string of the molecule is Cc1ccccc1CCNc1nc(CN(C)C2CCCCC2)nc2cc(-c3ncccc3C(F)(F)F)ccc12. The maximum Gasteiger partial charge on any atom is 0.418 e. The Morgan fingerprint density at radius 2 is 1.77 bits per heavy atom. The lowest BCUT2D eigenvalue weighted by Crippen LogP contribution is -2.33. The number of pyridine rings is 1. The second-order valence-corrected chi connectivity index (χ2v) is 10.4. The van der Waals surface area contributed by atoms with Crippen LogP contribution < -0.4 is 5.32 Å². The molecule has 1 N–H and O–H groups in total. The summed E-state index contributed by atoms with van der Waals surface area (Å²) in [5.74, 6) is 1.35. The van der Waals surface area contributed by atoms with Crippen molar-refractivity contribution >= 4 is 16.7 Å². The molecule has 8 heteroatoms. The number of hydrogen-bond acceptors (Lipinski definition) is 5. The number of halogens is 3. The van der Waals surface area contributed by atoms with E-state index in [2.05, 4.69) is 41.3 Å². The first-order valence-corrected chi connectivity index (χ1v) is 13.6. The molecule has 0 amide bonds. The van der Waals surface area contributed by atoms with Gasteiger partial charge >= 0.3 is 6.18 Å². The summed E-state index contributed by atoms with van der Waals surface area (Å²) in [5, 5.41) is 4.26. The van der Waals surface area contributed by atoms with Crippen LogP contribution in [0.3, 0.4) is 0 Å². The van der Waals surface area contributed by atoms with Gasteiger partial charge in [0.15, 0.2) is 0 Å². The lowest BCUT2D eigenvalue weighted by atomic mass is 9.94. The van der Waals surface area contributed by atoms with E-state index in [0.29, 0.717) is 41.9 Å². The molecule has 2 heterocycles. The van der Waals surface area contributed by atoms with E-state index in [-0.39, 0.29) is 5.69 Å². The third-order valence-electron chi connectivity index (χ3n) is 7.67. The number of anilines is 1. The largest absolute Gasteiger partial charge is 0.418 e. The molecule has 204 valence electrons. The Hall–Kier alpha value is -3.52. The Balaban J connectivity index is 1.49. The second-order valence-electron chi connectivity index (χ2n) is 10.4. The molecule has 0 radical (unpaired) electrons. The number of nitrogens with zero attached hydrogens (tertiary/aromatic N) is 4. The monoisotopic (exact) mass is 533 g/mol. The predicted octanol–water partition coefficient (Wildman–Crippen LogP) is 7.44. The zero-order valence-corrected chi connectivity index (χ0v) is 22.4. The van der Waals surface area contributed by atoms with Crippen LogP contribution >= 0.6 is 0 Å². The summed E-state index contributed by atoms with van der Waals surface area (Å²) < 4.78 is 41.2. The van der Waals surface area contributed by atoms with Gasteiger partial charge in [-0.15, -0.1) is 0 Å². The molecule has 39 heavy (non-hydrogen) atoms. The zero-order chi connectivity index (χ0) is 27.4. The summed E-state index contributed by atoms with van der Waals surface area (Å²) in [6.45, 7) is 3.35. The first-order chi connectivity index (χ1) is 18.8. The smallest absolute Gasteiger partial charge is 0.369 e. The fourth-order valence-corrected chi connectivity index (χ4v) is 5.47. The van der Waals surface area contributed by atoms with Gasteiger partial charge in [-0.1, -0.05) is 49.6 Å². The average molecular weight is 534 g/mol. The second kappa shape index (κ2) is 11.7. The van der Waals surface area contributed by atoms with Crippen LogP contribution in [0.25, 0.3) is 22.2 Å². The third-order valence-corrected chi connectivity index (χ3v) is 7.67. The molecule has 5 nitrogen and oxygen atoms in total. The number of alkyl halides is 3. The number of nitrogens with one attached hydrogen (secondary N) is 1. The molecule has 0 saturated heterocycles. The van der Waals surface area contributed by atoms with E-state index < -0.39 is 11.7 Å². The van der Waals surface area contributed by atoms with Crippen molar-refractivity contribution in [3.8, 4) is 11.3 Å². The van der Waals surface area contributed by atoms with E-state index in [9.17, 15) is 13.2 Å². The molecule has 1 fully saturated rings. The number of benzene rings is 2. The number of aryl methyl sites for hydroxylation is 1. The van der Waals surface area contributed by atoms with Crippen LogP contribution in [-0.4, -0.2) is 39.5 Å². The minimum absolute atomic E-state index is 0.0968. The van der Waals surface area contributed by atoms with Crippen LogP contribution in [0.4, 0.5) is 19.0 Å². The minimum atomic E-state index is -4.50. The van der Waals surface area contributed by atoms with Gasteiger partial charge in [0.25, 0.3) is 0 Å². The van der Waals surface area contributed by atoms with Gasteiger partial charge in [0.1, 0.15) is 11.6 Å². The zero-order valence-electron chi connectivity index (χ0n) is 22.4. The van der Waals surface area contributed by atoms with Crippen LogP contribution in [-0.2, 0) is 19.1 Å². The van der Waals surface area contributed by atoms with E-state index in [0.717, 1.165) is 30.7 Å². The maximum absolute atomic E-state index is 13.7. The molecular weight excluding hydrogens is 499 g/mol. The van der Waals surface area contributed by atoms with Gasteiger partial charge in [0.05, 0.1) is 23.3 Å². The highest BCUT2D eigenvalue weighted by Crippen LogP contribution is 2.37. The Morgan fingerprint density at radius 1 is 0.974 bits per heavy atom. The normalized spacial score (nSPS) is 14.7. The summed E-state index contributed by atoms with van der Waals surface area (Å²) in [5.41, 5.74) is 2.63. The molecule has 0 bridgehead atoms. The van der Waals surface area contributed by atoms with Crippen molar-refractivity contribution in [1.82, 2.24) is 19.9 Å². The standard InChI is InChI=1S/C31H34F3N5/c1-21-9-6-7-10-22(21)16-18-36-30-25-15-14-23(29-26(31(32,33)34)13-8-17-35-29)19-27(25)37-28(38-30)20-39(2)24-11-4-3-5-12-24/h6-10,13-15,17,19,24H,3-5,11-12,16,18,20H2,1-2H3,(H,36,37,38). The maximum atomic E-state index is 13.7. The van der Waals surface area contributed by atoms with E-state index >= 15 is 0 Å². The van der Waals surface area contributed by atoms with Crippen molar-refractivity contribution in [3.05, 3.63) is 83.3 Å². The van der Waals surface area contributed by atoms with Crippen LogP contribution in [0.15, 0.2) is 60.8 Å². The molecule has 1 aliphatic carbocycles. The Morgan fingerprint density at radius 3 is 2.54 bits per heavy atom. The Kier molecular flexibility index (Phi) is 8.12. The molecule has 4 aromatic rings. The number of fused-ring (bicyclic) bond motifs is 1. The van der Waals surface area contributed by atoms with Crippen molar-refractivity contribution in [2.75, 3.05) is 18.9 Å². The topological polar surface area (TPSA) is 53.9 Å². The van der Waals surface area contributed by atoms with Crippen LogP contribution in [0.1, 0.15) is 54.6 Å². The Bertz CT molecular complexity index is 1430. The highest BCUT2D eigenvalue weighted by molar-refractivity contribution is 5.92. The summed E-state index contributed by atoms with van der Waals surface area (Å²) in [4.78, 5) is 16.1. The summed E-state index contributed by atoms with van der Waals surface area (Å²) in [7, 11) is 2.11. The first-order valence-electron chi connectivity index (χ1n) is 13.6. The number of aromatic nitrogens is 3. The van der Waals surface area contributed by atoms with Crippen molar-refractivity contribution in [1.29, 1.82) is 0 Å². The molecule has 0 atom stereocenters. The van der Waals surface area contributed by atoms with Crippen LogP contribution in [0.2, 0.25) is 0 Å². The average Bonchev–Trinajstić information content (AvgIpc) is 2.93. The molecule has 1 aliphatic rings. The van der Waals surface area contributed by atoms with Crippen LogP contribution in [0, 0.1) is 6.92 Å². The molecule has 2 aromatic carbocycles. The van der Waals surface area contributed by atoms with E-state index in [1.54, 1.807) is 18.2 Å². The van der Waals surface area contributed by atoms with E-state index in [4.69, 9.17) is 9.97 Å². The highest BCUT2D eigenvalue weighted by atomic mass is 19.4. The number of hydrogen-bond donors (Lipinski definition) is 1. The molecular formula is C31H34F3N5. The minimum Gasteiger partial charge on any atom is -0.369 e. The quantitative estimate of drug-likeness (QED) is 0.255. The molecule has 0 aliphatic heterocycles. The molecule has 5 rings (SSSR count). The van der Waals surface area contributed by atoms with Gasteiger partial charge in [-0.25, -0.2) is 9.97 Å². The van der Waals surface area contributed by atoms with Gasteiger partial charge in [-0.2, -0.15) is 13.2 Å². The predicted molar refractivity (Wildman–Crippen MR) is 149 cm³/mol. The Labute approximate surface area is 227 Å². The van der Waals surface area contributed by atoms with Crippen molar-refractivity contribution in [3.63, 3.8) is 0 Å². The highest BCUT2D eigenvalue weighted by Gasteiger charge is 2.34. The third kappa shape index (κ3) is 6.38. The molecule has 2 aromatic heterocycles. The molecule has 0 spiro atoms. The first kappa shape index (κ1) is 27.1. The summed E-state index contributed by atoms with van der Waals surface area (Å²) in [6.07, 6.45) is 3.78. The van der Waals surface area contributed by atoms with E-state index in [1.165, 1.54) is 42.7 Å². The van der Waals surface area contributed by atoms with Crippen molar-refractivity contribution in [2.45, 2.75) is 64.2 Å². The van der Waals surface area contributed by atoms with Gasteiger partial charge < -0.3 is 5.32 Å². The fourth-order valence-electron chi connectivity index (χ4n) is 5.47.